The first kappa shape index (κ1) is 18.9. The Morgan fingerprint density at radius 3 is 2.32 bits per heavy atom. The molecule has 5 nitrogen and oxygen atoms in total. The topological polar surface area (TPSA) is 49.9 Å². The molecule has 4 rings (SSSR count). The first-order chi connectivity index (χ1) is 13.5. The molecule has 0 aliphatic carbocycles. The van der Waals surface area contributed by atoms with Gasteiger partial charge in [0.05, 0.1) is 18.1 Å². The Kier molecular flexibility index (Phi) is 5.35. The Morgan fingerprint density at radius 2 is 1.61 bits per heavy atom. The number of rotatable bonds is 5. The van der Waals surface area contributed by atoms with E-state index in [1.807, 2.05) is 42.5 Å². The van der Waals surface area contributed by atoms with E-state index in [2.05, 4.69) is 17.0 Å². The van der Waals surface area contributed by atoms with Crippen molar-refractivity contribution < 1.29 is 13.2 Å². The molecule has 28 heavy (non-hydrogen) atoms. The van der Waals surface area contributed by atoms with Gasteiger partial charge in [-0.15, -0.1) is 0 Å². The third kappa shape index (κ3) is 3.90. The van der Waals surface area contributed by atoms with E-state index in [9.17, 15) is 8.42 Å². The van der Waals surface area contributed by atoms with Crippen molar-refractivity contribution in [3.05, 3.63) is 72.3 Å². The maximum atomic E-state index is 13.0. The predicted octanol–water partition coefficient (Wildman–Crippen LogP) is 3.50. The third-order valence-electron chi connectivity index (χ3n) is 5.15. The lowest BCUT2D eigenvalue weighted by atomic mass is 10.1. The second-order valence-corrected chi connectivity index (χ2v) is 9.08. The third-order valence-corrected chi connectivity index (χ3v) is 6.95. The molecule has 1 saturated heterocycles. The number of morpholine rings is 1. The van der Waals surface area contributed by atoms with Crippen molar-refractivity contribution in [3.63, 3.8) is 0 Å². The molecule has 0 atom stereocenters. The van der Waals surface area contributed by atoms with E-state index in [0.29, 0.717) is 11.4 Å². The van der Waals surface area contributed by atoms with Crippen LogP contribution in [0.25, 0.3) is 10.8 Å². The van der Waals surface area contributed by atoms with Crippen LogP contribution < -0.4 is 4.90 Å². The van der Waals surface area contributed by atoms with Crippen molar-refractivity contribution in [3.8, 4) is 0 Å². The maximum absolute atomic E-state index is 13.0. The molecule has 1 fully saturated rings. The quantitative estimate of drug-likeness (QED) is 0.662. The Morgan fingerprint density at radius 1 is 0.929 bits per heavy atom. The molecular formula is C22H24N2O3S. The molecule has 3 aromatic carbocycles. The van der Waals surface area contributed by atoms with Gasteiger partial charge in [0.15, 0.2) is 0 Å². The van der Waals surface area contributed by atoms with Gasteiger partial charge in [0.2, 0.25) is 10.0 Å². The molecule has 0 aromatic heterocycles. The smallest absolute Gasteiger partial charge is 0.243 e. The minimum atomic E-state index is -3.55. The van der Waals surface area contributed by atoms with Crippen molar-refractivity contribution >= 4 is 26.5 Å². The molecular weight excluding hydrogens is 372 g/mol. The highest BCUT2D eigenvalue weighted by atomic mass is 32.2. The van der Waals surface area contributed by atoms with E-state index in [-0.39, 0.29) is 0 Å². The Labute approximate surface area is 166 Å². The number of fused-ring (bicyclic) bond motifs is 1. The minimum Gasteiger partial charge on any atom is -0.378 e. The average molecular weight is 397 g/mol. The van der Waals surface area contributed by atoms with Gasteiger partial charge in [-0.1, -0.05) is 42.5 Å². The zero-order chi connectivity index (χ0) is 19.6. The minimum absolute atomic E-state index is 0.318. The molecule has 0 radical (unpaired) electrons. The standard InChI is InChI=1S/C22H24N2O3S/c1-23(17-18-6-9-21(10-7-18)24-12-14-27-15-13-24)28(25,26)22-11-8-19-4-2-3-5-20(19)16-22/h2-11,16H,12-15,17H2,1H3. The van der Waals surface area contributed by atoms with E-state index in [1.165, 1.54) is 4.31 Å². The molecule has 0 saturated carbocycles. The van der Waals surface area contributed by atoms with Gasteiger partial charge in [-0.25, -0.2) is 8.42 Å². The van der Waals surface area contributed by atoms with Gasteiger partial charge < -0.3 is 9.64 Å². The Balaban J connectivity index is 1.50. The van der Waals surface area contributed by atoms with Crippen molar-refractivity contribution in [1.82, 2.24) is 4.31 Å². The van der Waals surface area contributed by atoms with Crippen LogP contribution in [0.5, 0.6) is 0 Å². The lowest BCUT2D eigenvalue weighted by molar-refractivity contribution is 0.122. The highest BCUT2D eigenvalue weighted by Crippen LogP contribution is 2.23. The van der Waals surface area contributed by atoms with E-state index >= 15 is 0 Å². The summed E-state index contributed by atoms with van der Waals surface area (Å²) in [5.41, 5.74) is 2.11. The number of benzene rings is 3. The van der Waals surface area contributed by atoms with E-state index in [1.54, 1.807) is 19.2 Å². The maximum Gasteiger partial charge on any atom is 0.243 e. The Bertz CT molecular complexity index is 1060. The van der Waals surface area contributed by atoms with E-state index in [0.717, 1.165) is 48.3 Å². The lowest BCUT2D eigenvalue weighted by Gasteiger charge is -2.29. The van der Waals surface area contributed by atoms with Crippen LogP contribution in [-0.2, 0) is 21.3 Å². The molecule has 0 amide bonds. The van der Waals surface area contributed by atoms with Crippen molar-refractivity contribution in [2.45, 2.75) is 11.4 Å². The van der Waals surface area contributed by atoms with Crippen LogP contribution in [0.15, 0.2) is 71.6 Å². The molecule has 0 bridgehead atoms. The highest BCUT2D eigenvalue weighted by Gasteiger charge is 2.21. The van der Waals surface area contributed by atoms with E-state index < -0.39 is 10.0 Å². The summed E-state index contributed by atoms with van der Waals surface area (Å²) in [6.07, 6.45) is 0. The summed E-state index contributed by atoms with van der Waals surface area (Å²) in [4.78, 5) is 2.60. The van der Waals surface area contributed by atoms with Gasteiger partial charge in [-0.05, 0) is 40.6 Å². The lowest BCUT2D eigenvalue weighted by Crippen LogP contribution is -2.36. The Hall–Kier alpha value is -2.41. The number of hydrogen-bond acceptors (Lipinski definition) is 4. The van der Waals surface area contributed by atoms with Crippen LogP contribution in [0.2, 0.25) is 0 Å². The largest absolute Gasteiger partial charge is 0.378 e. The molecule has 0 unspecified atom stereocenters. The fraction of sp³-hybridized carbons (Fsp3) is 0.273. The van der Waals surface area contributed by atoms with Gasteiger partial charge in [0.1, 0.15) is 0 Å². The summed E-state index contributed by atoms with van der Waals surface area (Å²) in [6, 6.07) is 21.1. The molecule has 1 heterocycles. The summed E-state index contributed by atoms with van der Waals surface area (Å²) in [5, 5.41) is 1.95. The molecule has 1 aliphatic rings. The number of anilines is 1. The van der Waals surface area contributed by atoms with Gasteiger partial charge in [0.25, 0.3) is 0 Å². The highest BCUT2D eigenvalue weighted by molar-refractivity contribution is 7.89. The zero-order valence-electron chi connectivity index (χ0n) is 15.9. The van der Waals surface area contributed by atoms with Gasteiger partial charge >= 0.3 is 0 Å². The second kappa shape index (κ2) is 7.91. The van der Waals surface area contributed by atoms with Crippen LogP contribution in [0.3, 0.4) is 0 Å². The molecule has 3 aromatic rings. The van der Waals surface area contributed by atoms with Crippen molar-refractivity contribution in [2.75, 3.05) is 38.3 Å². The molecule has 1 aliphatic heterocycles. The van der Waals surface area contributed by atoms with Crippen molar-refractivity contribution in [1.29, 1.82) is 0 Å². The zero-order valence-corrected chi connectivity index (χ0v) is 16.7. The number of nitrogens with zero attached hydrogens (tertiary/aromatic N) is 2. The number of sulfonamides is 1. The fourth-order valence-corrected chi connectivity index (χ4v) is 4.68. The van der Waals surface area contributed by atoms with Crippen LogP contribution in [-0.4, -0.2) is 46.1 Å². The van der Waals surface area contributed by atoms with Crippen LogP contribution in [0, 0.1) is 0 Å². The number of ether oxygens (including phenoxy) is 1. The first-order valence-corrected chi connectivity index (χ1v) is 10.8. The molecule has 146 valence electrons. The van der Waals surface area contributed by atoms with Gasteiger partial charge in [-0.2, -0.15) is 4.31 Å². The summed E-state index contributed by atoms with van der Waals surface area (Å²) < 4.78 is 32.8. The van der Waals surface area contributed by atoms with Crippen LogP contribution in [0.4, 0.5) is 5.69 Å². The van der Waals surface area contributed by atoms with Gasteiger partial charge in [-0.3, -0.25) is 0 Å². The average Bonchev–Trinajstić information content (AvgIpc) is 2.74. The van der Waals surface area contributed by atoms with Crippen LogP contribution in [0.1, 0.15) is 5.56 Å². The summed E-state index contributed by atoms with van der Waals surface area (Å²) in [6.45, 7) is 3.59. The number of hydrogen-bond donors (Lipinski definition) is 0. The molecule has 0 N–H and O–H groups in total. The monoisotopic (exact) mass is 396 g/mol. The van der Waals surface area contributed by atoms with Crippen LogP contribution >= 0.6 is 0 Å². The van der Waals surface area contributed by atoms with Crippen molar-refractivity contribution in [2.24, 2.45) is 0 Å². The first-order valence-electron chi connectivity index (χ1n) is 9.41. The molecule has 6 heteroatoms. The predicted molar refractivity (Wildman–Crippen MR) is 112 cm³/mol. The second-order valence-electron chi connectivity index (χ2n) is 7.04. The fourth-order valence-electron chi connectivity index (χ4n) is 3.48. The SMILES string of the molecule is CN(Cc1ccc(N2CCOCC2)cc1)S(=O)(=O)c1ccc2ccccc2c1. The van der Waals surface area contributed by atoms with Gasteiger partial charge in [0, 0.05) is 32.4 Å². The summed E-state index contributed by atoms with van der Waals surface area (Å²) >= 11 is 0. The van der Waals surface area contributed by atoms with E-state index in [4.69, 9.17) is 4.74 Å². The summed E-state index contributed by atoms with van der Waals surface area (Å²) in [5.74, 6) is 0. The normalized spacial score (nSPS) is 15.3. The summed E-state index contributed by atoms with van der Waals surface area (Å²) in [7, 11) is -1.93. The molecule has 0 spiro atoms.